The first-order chi connectivity index (χ1) is 11.7. The van der Waals surface area contributed by atoms with Gasteiger partial charge in [0.25, 0.3) is 15.9 Å². The number of hydrogen-bond donors (Lipinski definition) is 2. The second-order valence-electron chi connectivity index (χ2n) is 5.61. The van der Waals surface area contributed by atoms with Crippen molar-refractivity contribution in [3.63, 3.8) is 0 Å². The van der Waals surface area contributed by atoms with E-state index in [1.807, 2.05) is 13.8 Å². The highest BCUT2D eigenvalue weighted by molar-refractivity contribution is 7.92. The number of methoxy groups -OCH3 is 1. The Kier molecular flexibility index (Phi) is 5.92. The van der Waals surface area contributed by atoms with Crippen molar-refractivity contribution in [2.45, 2.75) is 24.8 Å². The van der Waals surface area contributed by atoms with Crippen molar-refractivity contribution in [1.29, 1.82) is 0 Å². The lowest BCUT2D eigenvalue weighted by molar-refractivity contribution is 0.0940. The fourth-order valence-corrected chi connectivity index (χ4v) is 3.40. The lowest BCUT2D eigenvalue weighted by Gasteiger charge is -2.14. The number of sulfonamides is 1. The molecule has 0 saturated carbocycles. The zero-order chi connectivity index (χ0) is 18.6. The molecule has 0 aromatic heterocycles. The highest BCUT2D eigenvalue weighted by Crippen LogP contribution is 2.25. The van der Waals surface area contributed by atoms with Crippen LogP contribution in [-0.4, -0.2) is 27.5 Å². The average Bonchev–Trinajstić information content (AvgIpc) is 2.53. The number of rotatable bonds is 6. The van der Waals surface area contributed by atoms with Crippen molar-refractivity contribution in [2.75, 3.05) is 11.8 Å². The Morgan fingerprint density at radius 1 is 1.16 bits per heavy atom. The summed E-state index contributed by atoms with van der Waals surface area (Å²) in [4.78, 5) is 12.2. The maximum absolute atomic E-state index is 12.6. The van der Waals surface area contributed by atoms with Crippen molar-refractivity contribution in [3.05, 3.63) is 53.1 Å². The number of carbonyl (C=O) groups is 1. The third kappa shape index (κ3) is 4.87. The number of benzene rings is 2. The second kappa shape index (κ2) is 7.76. The molecule has 25 heavy (non-hydrogen) atoms. The van der Waals surface area contributed by atoms with Crippen LogP contribution in [0.15, 0.2) is 47.4 Å². The summed E-state index contributed by atoms with van der Waals surface area (Å²) < 4.78 is 32.8. The summed E-state index contributed by atoms with van der Waals surface area (Å²) in [5, 5.41) is 3.13. The number of amides is 1. The third-order valence-corrected chi connectivity index (χ3v) is 4.84. The highest BCUT2D eigenvalue weighted by atomic mass is 35.5. The van der Waals surface area contributed by atoms with E-state index in [4.69, 9.17) is 16.3 Å². The minimum Gasteiger partial charge on any atom is -0.496 e. The number of hydrogen-bond acceptors (Lipinski definition) is 4. The molecule has 0 aliphatic heterocycles. The van der Waals surface area contributed by atoms with Crippen LogP contribution in [0.2, 0.25) is 5.02 Å². The van der Waals surface area contributed by atoms with E-state index in [-0.39, 0.29) is 16.5 Å². The van der Waals surface area contributed by atoms with E-state index in [0.717, 1.165) is 0 Å². The van der Waals surface area contributed by atoms with Crippen molar-refractivity contribution in [2.24, 2.45) is 0 Å². The zero-order valence-electron chi connectivity index (χ0n) is 14.0. The second-order valence-corrected chi connectivity index (χ2v) is 7.72. The Bertz CT molecular complexity index is 882. The fraction of sp³-hybridized carbons (Fsp3) is 0.235. The first-order valence-corrected chi connectivity index (χ1v) is 9.36. The van der Waals surface area contributed by atoms with Crippen molar-refractivity contribution < 1.29 is 17.9 Å². The number of anilines is 1. The van der Waals surface area contributed by atoms with Gasteiger partial charge in [0.1, 0.15) is 5.75 Å². The normalized spacial score (nSPS) is 11.2. The molecule has 0 fully saturated rings. The quantitative estimate of drug-likeness (QED) is 0.802. The van der Waals surface area contributed by atoms with Crippen molar-refractivity contribution in [1.82, 2.24) is 5.32 Å². The lowest BCUT2D eigenvalue weighted by Crippen LogP contribution is -2.30. The van der Waals surface area contributed by atoms with E-state index in [2.05, 4.69) is 10.0 Å². The van der Waals surface area contributed by atoms with Crippen LogP contribution in [0.1, 0.15) is 24.2 Å². The molecule has 0 aliphatic carbocycles. The van der Waals surface area contributed by atoms with Gasteiger partial charge in [-0.05, 0) is 50.2 Å². The van der Waals surface area contributed by atoms with Crippen LogP contribution in [0, 0.1) is 0 Å². The smallest absolute Gasteiger partial charge is 0.261 e. The molecule has 0 heterocycles. The summed E-state index contributed by atoms with van der Waals surface area (Å²) in [5.74, 6) is -0.119. The van der Waals surface area contributed by atoms with E-state index in [1.165, 1.54) is 31.4 Å². The molecular formula is C17H19ClN2O4S. The summed E-state index contributed by atoms with van der Waals surface area (Å²) in [6.45, 7) is 3.62. The van der Waals surface area contributed by atoms with Crippen LogP contribution in [-0.2, 0) is 10.0 Å². The molecule has 1 amide bonds. The molecule has 134 valence electrons. The molecule has 0 saturated heterocycles. The average molecular weight is 383 g/mol. The molecule has 2 aromatic carbocycles. The first-order valence-electron chi connectivity index (χ1n) is 7.50. The number of carbonyl (C=O) groups excluding carboxylic acids is 1. The number of nitrogens with one attached hydrogen (secondary N) is 2. The SMILES string of the molecule is COc1ccc(S(=O)(=O)Nc2cccc(Cl)c2)cc1C(=O)NC(C)C. The maximum atomic E-state index is 12.6. The van der Waals surface area contributed by atoms with E-state index in [0.29, 0.717) is 16.5 Å². The third-order valence-electron chi connectivity index (χ3n) is 3.22. The molecule has 2 N–H and O–H groups in total. The van der Waals surface area contributed by atoms with Crippen molar-refractivity contribution >= 4 is 33.2 Å². The summed E-state index contributed by atoms with van der Waals surface area (Å²) in [5.41, 5.74) is 0.474. The Morgan fingerprint density at radius 3 is 2.48 bits per heavy atom. The monoisotopic (exact) mass is 382 g/mol. The molecule has 0 aliphatic rings. The predicted molar refractivity (Wildman–Crippen MR) is 97.9 cm³/mol. The minimum absolute atomic E-state index is 0.0535. The summed E-state index contributed by atoms with van der Waals surface area (Å²) >= 11 is 5.87. The van der Waals surface area contributed by atoms with E-state index in [1.54, 1.807) is 18.2 Å². The molecule has 6 nitrogen and oxygen atoms in total. The van der Waals surface area contributed by atoms with E-state index in [9.17, 15) is 13.2 Å². The molecule has 0 unspecified atom stereocenters. The van der Waals surface area contributed by atoms with Crippen LogP contribution in [0.25, 0.3) is 0 Å². The summed E-state index contributed by atoms with van der Waals surface area (Å²) in [7, 11) is -2.47. The van der Waals surface area contributed by atoms with Crippen LogP contribution < -0.4 is 14.8 Å². The standard InChI is InChI=1S/C17H19ClN2O4S/c1-11(2)19-17(21)15-10-14(7-8-16(15)24-3)25(22,23)20-13-6-4-5-12(18)9-13/h4-11,20H,1-3H3,(H,19,21). The zero-order valence-corrected chi connectivity index (χ0v) is 15.6. The highest BCUT2D eigenvalue weighted by Gasteiger charge is 2.20. The maximum Gasteiger partial charge on any atom is 0.261 e. The Hall–Kier alpha value is -2.25. The lowest BCUT2D eigenvalue weighted by atomic mass is 10.2. The Balaban J connectivity index is 2.39. The summed E-state index contributed by atoms with van der Waals surface area (Å²) in [6, 6.07) is 10.4. The van der Waals surface area contributed by atoms with Gasteiger partial charge in [-0.15, -0.1) is 0 Å². The van der Waals surface area contributed by atoms with Crippen LogP contribution in [0.4, 0.5) is 5.69 Å². The van der Waals surface area contributed by atoms with Gasteiger partial charge in [0.2, 0.25) is 0 Å². The molecule has 0 bridgehead atoms. The minimum atomic E-state index is -3.88. The predicted octanol–water partition coefficient (Wildman–Crippen LogP) is 3.29. The molecular weight excluding hydrogens is 364 g/mol. The van der Waals surface area contributed by atoms with Gasteiger partial charge in [-0.3, -0.25) is 9.52 Å². The number of halogens is 1. The van der Waals surface area contributed by atoms with E-state index < -0.39 is 15.9 Å². The van der Waals surface area contributed by atoms with Gasteiger partial charge in [-0.2, -0.15) is 0 Å². The van der Waals surface area contributed by atoms with Gasteiger partial charge in [0.05, 0.1) is 23.3 Å². The van der Waals surface area contributed by atoms with Gasteiger partial charge >= 0.3 is 0 Å². The fourth-order valence-electron chi connectivity index (χ4n) is 2.14. The Labute approximate surface area is 152 Å². The van der Waals surface area contributed by atoms with Crippen LogP contribution in [0.3, 0.4) is 0 Å². The van der Waals surface area contributed by atoms with Gasteiger partial charge in [-0.25, -0.2) is 8.42 Å². The van der Waals surface area contributed by atoms with Gasteiger partial charge in [0, 0.05) is 11.1 Å². The molecule has 2 rings (SSSR count). The Morgan fingerprint density at radius 2 is 1.88 bits per heavy atom. The molecule has 2 aromatic rings. The van der Waals surface area contributed by atoms with Gasteiger partial charge in [0.15, 0.2) is 0 Å². The molecule has 0 atom stereocenters. The topological polar surface area (TPSA) is 84.5 Å². The summed E-state index contributed by atoms with van der Waals surface area (Å²) in [6.07, 6.45) is 0. The van der Waals surface area contributed by atoms with Gasteiger partial charge in [-0.1, -0.05) is 17.7 Å². The van der Waals surface area contributed by atoms with Crippen LogP contribution in [0.5, 0.6) is 5.75 Å². The molecule has 0 radical (unpaired) electrons. The van der Waals surface area contributed by atoms with Crippen LogP contribution >= 0.6 is 11.6 Å². The largest absolute Gasteiger partial charge is 0.496 e. The first kappa shape index (κ1) is 19.1. The number of ether oxygens (including phenoxy) is 1. The van der Waals surface area contributed by atoms with Crippen molar-refractivity contribution in [3.8, 4) is 5.75 Å². The molecule has 0 spiro atoms. The van der Waals surface area contributed by atoms with Gasteiger partial charge < -0.3 is 10.1 Å². The molecule has 8 heteroatoms. The van der Waals surface area contributed by atoms with E-state index >= 15 is 0 Å².